The number of carbonyl (C=O) groups is 3. The van der Waals surface area contributed by atoms with Crippen LogP contribution in [0.3, 0.4) is 0 Å². The van der Waals surface area contributed by atoms with Gasteiger partial charge in [0.2, 0.25) is 5.78 Å². The van der Waals surface area contributed by atoms with E-state index in [0.29, 0.717) is 28.1 Å². The van der Waals surface area contributed by atoms with Crippen LogP contribution in [0, 0.1) is 0 Å². The number of pyridine rings is 1. The summed E-state index contributed by atoms with van der Waals surface area (Å²) in [5.74, 6) is -0.614. The molecule has 7 nitrogen and oxygen atoms in total. The average molecular weight is 417 g/mol. The van der Waals surface area contributed by atoms with Crippen molar-refractivity contribution in [2.75, 3.05) is 19.7 Å². The molecule has 158 valence electrons. The molecule has 1 aliphatic carbocycles. The first kappa shape index (κ1) is 19.5. The molecule has 1 saturated carbocycles. The van der Waals surface area contributed by atoms with Gasteiger partial charge in [-0.25, -0.2) is 4.79 Å². The maximum absolute atomic E-state index is 12.8. The molecule has 2 aliphatic rings. The summed E-state index contributed by atoms with van der Waals surface area (Å²) in [6.07, 6.45) is 5.64. The van der Waals surface area contributed by atoms with Gasteiger partial charge in [-0.05, 0) is 43.9 Å². The summed E-state index contributed by atoms with van der Waals surface area (Å²) in [5.41, 5.74) is 2.78. The van der Waals surface area contributed by atoms with Crippen molar-refractivity contribution >= 4 is 28.6 Å². The number of Topliss-reactive ketones (excluding diaryl/α,β-unsaturated/α-hetero) is 1. The molecule has 0 atom stereocenters. The first-order chi connectivity index (χ1) is 15.1. The van der Waals surface area contributed by atoms with Crippen LogP contribution >= 0.6 is 0 Å². The van der Waals surface area contributed by atoms with Crippen molar-refractivity contribution in [2.45, 2.75) is 31.6 Å². The normalized spacial score (nSPS) is 15.9. The van der Waals surface area contributed by atoms with Crippen LogP contribution in [0.1, 0.15) is 68.5 Å². The van der Waals surface area contributed by atoms with Crippen LogP contribution in [0.15, 0.2) is 42.6 Å². The average Bonchev–Trinajstić information content (AvgIpc) is 3.28. The zero-order valence-electron chi connectivity index (χ0n) is 17.1. The minimum absolute atomic E-state index is 0.107. The van der Waals surface area contributed by atoms with E-state index in [1.165, 1.54) is 12.3 Å². The number of rotatable bonds is 6. The molecule has 1 N–H and O–H groups in total. The Bertz CT molecular complexity index is 1170. The fourth-order valence-electron chi connectivity index (χ4n) is 4.01. The van der Waals surface area contributed by atoms with Crippen molar-refractivity contribution in [1.82, 2.24) is 14.9 Å². The Balaban J connectivity index is 1.29. The number of nitrogens with one attached hydrogen (secondary N) is 1. The summed E-state index contributed by atoms with van der Waals surface area (Å²) in [5, 5.41) is 0.712. The maximum atomic E-state index is 12.8. The number of ether oxygens (including phenoxy) is 1. The van der Waals surface area contributed by atoms with Gasteiger partial charge in [0, 0.05) is 41.8 Å². The zero-order chi connectivity index (χ0) is 21.4. The van der Waals surface area contributed by atoms with E-state index in [1.807, 2.05) is 24.3 Å². The number of benzene rings is 1. The van der Waals surface area contributed by atoms with E-state index in [4.69, 9.17) is 4.74 Å². The van der Waals surface area contributed by atoms with Crippen molar-refractivity contribution in [3.05, 3.63) is 65.1 Å². The molecule has 0 spiro atoms. The third-order valence-corrected chi connectivity index (χ3v) is 5.91. The predicted molar refractivity (Wildman–Crippen MR) is 114 cm³/mol. The molecular weight excluding hydrogens is 394 g/mol. The predicted octanol–water partition coefficient (Wildman–Crippen LogP) is 3.72. The summed E-state index contributed by atoms with van der Waals surface area (Å²) in [7, 11) is 0. The fraction of sp³-hybridized carbons (Fsp3) is 0.333. The molecule has 5 rings (SSSR count). The quantitative estimate of drug-likeness (QED) is 0.487. The molecule has 2 aromatic heterocycles. The van der Waals surface area contributed by atoms with E-state index in [0.717, 1.165) is 50.0 Å². The second-order valence-corrected chi connectivity index (χ2v) is 8.19. The number of H-pyrrole nitrogens is 1. The molecule has 1 saturated heterocycles. The van der Waals surface area contributed by atoms with E-state index in [2.05, 4.69) is 9.97 Å². The first-order valence-electron chi connectivity index (χ1n) is 10.7. The van der Waals surface area contributed by atoms with Gasteiger partial charge in [0.1, 0.15) is 5.69 Å². The van der Waals surface area contributed by atoms with Crippen LogP contribution in [0.5, 0.6) is 0 Å². The van der Waals surface area contributed by atoms with Gasteiger partial charge in [-0.1, -0.05) is 18.2 Å². The van der Waals surface area contributed by atoms with Gasteiger partial charge in [-0.15, -0.1) is 0 Å². The molecule has 31 heavy (non-hydrogen) atoms. The standard InChI is InChI=1S/C24H23N3O4/c28-22(16-11-21(25-13-16)23(29)27-9-3-4-10-27)14-31-24(30)18-12-20(15-7-8-15)26-19-6-2-1-5-17(18)19/h1-2,5-6,11-13,15,25H,3-4,7-10,14H2. The lowest BCUT2D eigenvalue weighted by Gasteiger charge is -2.13. The number of ketones is 1. The lowest BCUT2D eigenvalue weighted by atomic mass is 10.1. The largest absolute Gasteiger partial charge is 0.454 e. The number of nitrogens with zero attached hydrogens (tertiary/aromatic N) is 2. The number of likely N-dealkylation sites (tertiary alicyclic amines) is 1. The van der Waals surface area contributed by atoms with Crippen molar-refractivity contribution < 1.29 is 19.1 Å². The SMILES string of the molecule is O=C(COC(=O)c1cc(C2CC2)nc2ccccc12)c1c[nH]c(C(=O)N2CCCC2)c1. The summed E-state index contributed by atoms with van der Waals surface area (Å²) in [6.45, 7) is 1.09. The molecule has 7 heteroatoms. The van der Waals surface area contributed by atoms with Crippen LogP contribution in [-0.4, -0.2) is 52.2 Å². The minimum atomic E-state index is -0.544. The number of aromatic nitrogens is 2. The van der Waals surface area contributed by atoms with E-state index in [9.17, 15) is 14.4 Å². The van der Waals surface area contributed by atoms with Gasteiger partial charge in [0.25, 0.3) is 5.91 Å². The van der Waals surface area contributed by atoms with Gasteiger partial charge < -0.3 is 14.6 Å². The third-order valence-electron chi connectivity index (χ3n) is 5.91. The number of esters is 1. The summed E-state index contributed by atoms with van der Waals surface area (Å²) in [4.78, 5) is 47.1. The Labute approximate surface area is 179 Å². The Hall–Kier alpha value is -3.48. The van der Waals surface area contributed by atoms with Crippen LogP contribution < -0.4 is 0 Å². The number of carbonyl (C=O) groups excluding carboxylic acids is 3. The molecule has 1 aliphatic heterocycles. The van der Waals surface area contributed by atoms with Crippen LogP contribution in [0.2, 0.25) is 0 Å². The van der Waals surface area contributed by atoms with Gasteiger partial charge in [-0.2, -0.15) is 0 Å². The van der Waals surface area contributed by atoms with Crippen LogP contribution in [-0.2, 0) is 4.74 Å². The van der Waals surface area contributed by atoms with Gasteiger partial charge in [0.05, 0.1) is 11.1 Å². The lowest BCUT2D eigenvalue weighted by molar-refractivity contribution is 0.0476. The second kappa shape index (κ2) is 7.98. The number of para-hydroxylation sites is 1. The minimum Gasteiger partial charge on any atom is -0.454 e. The Morgan fingerprint density at radius 2 is 1.87 bits per heavy atom. The summed E-state index contributed by atoms with van der Waals surface area (Å²) in [6, 6.07) is 10.8. The van der Waals surface area contributed by atoms with Crippen molar-refractivity contribution in [2.24, 2.45) is 0 Å². The maximum Gasteiger partial charge on any atom is 0.339 e. The number of hydrogen-bond donors (Lipinski definition) is 1. The zero-order valence-corrected chi connectivity index (χ0v) is 17.1. The molecule has 1 amide bonds. The Morgan fingerprint density at radius 3 is 2.65 bits per heavy atom. The molecule has 3 aromatic rings. The molecule has 0 unspecified atom stereocenters. The van der Waals surface area contributed by atoms with Gasteiger partial charge in [-0.3, -0.25) is 14.6 Å². The highest BCUT2D eigenvalue weighted by atomic mass is 16.5. The highest BCUT2D eigenvalue weighted by molar-refractivity contribution is 6.06. The number of hydrogen-bond acceptors (Lipinski definition) is 5. The van der Waals surface area contributed by atoms with Crippen molar-refractivity contribution in [3.8, 4) is 0 Å². The number of aromatic amines is 1. The van der Waals surface area contributed by atoms with Crippen LogP contribution in [0.4, 0.5) is 0 Å². The summed E-state index contributed by atoms with van der Waals surface area (Å²) >= 11 is 0. The molecule has 0 radical (unpaired) electrons. The monoisotopic (exact) mass is 417 g/mol. The molecule has 3 heterocycles. The fourth-order valence-corrected chi connectivity index (χ4v) is 4.01. The highest BCUT2D eigenvalue weighted by Crippen LogP contribution is 2.40. The van der Waals surface area contributed by atoms with E-state index >= 15 is 0 Å². The highest BCUT2D eigenvalue weighted by Gasteiger charge is 2.27. The van der Waals surface area contributed by atoms with E-state index in [-0.39, 0.29) is 18.3 Å². The smallest absolute Gasteiger partial charge is 0.339 e. The Kier molecular flexibility index (Phi) is 5.02. The van der Waals surface area contributed by atoms with Crippen molar-refractivity contribution in [1.29, 1.82) is 0 Å². The summed E-state index contributed by atoms with van der Waals surface area (Å²) < 4.78 is 5.35. The van der Waals surface area contributed by atoms with Crippen molar-refractivity contribution in [3.63, 3.8) is 0 Å². The number of fused-ring (bicyclic) bond motifs is 1. The second-order valence-electron chi connectivity index (χ2n) is 8.19. The molecule has 2 fully saturated rings. The van der Waals surface area contributed by atoms with Crippen LogP contribution in [0.25, 0.3) is 10.9 Å². The van der Waals surface area contributed by atoms with Gasteiger partial charge >= 0.3 is 5.97 Å². The third kappa shape index (κ3) is 3.95. The van der Waals surface area contributed by atoms with E-state index in [1.54, 1.807) is 11.0 Å². The molecule has 0 bridgehead atoms. The first-order valence-corrected chi connectivity index (χ1v) is 10.7. The number of amides is 1. The van der Waals surface area contributed by atoms with E-state index < -0.39 is 5.97 Å². The topological polar surface area (TPSA) is 92.4 Å². The Morgan fingerprint density at radius 1 is 1.10 bits per heavy atom. The van der Waals surface area contributed by atoms with Gasteiger partial charge in [0.15, 0.2) is 6.61 Å². The lowest BCUT2D eigenvalue weighted by Crippen LogP contribution is -2.27. The molecule has 1 aromatic carbocycles. The molecular formula is C24H23N3O4.